The van der Waals surface area contributed by atoms with Crippen molar-refractivity contribution in [3.8, 4) is 5.75 Å². The summed E-state index contributed by atoms with van der Waals surface area (Å²) in [4.78, 5) is 30.0. The molecule has 1 saturated heterocycles. The number of aryl methyl sites for hydroxylation is 2. The van der Waals surface area contributed by atoms with Gasteiger partial charge in [-0.3, -0.25) is 14.3 Å². The van der Waals surface area contributed by atoms with Crippen molar-refractivity contribution in [1.82, 2.24) is 19.6 Å². The normalized spacial score (nSPS) is 20.7. The Hall–Kier alpha value is -2.54. The quantitative estimate of drug-likeness (QED) is 0.653. The van der Waals surface area contributed by atoms with E-state index >= 15 is 0 Å². The van der Waals surface area contributed by atoms with Crippen LogP contribution in [0.2, 0.25) is 5.02 Å². The minimum absolute atomic E-state index is 0.194. The van der Waals surface area contributed by atoms with Crippen molar-refractivity contribution in [2.24, 2.45) is 7.05 Å². The molecule has 0 radical (unpaired) electrons. The number of fused-ring (bicyclic) bond motifs is 3. The molecule has 2 aliphatic rings. The first-order chi connectivity index (χ1) is 15.5. The largest absolute Gasteiger partial charge is 0.492 e. The Bertz CT molecular complexity index is 941. The molecule has 4 rings (SSSR count). The van der Waals surface area contributed by atoms with Crippen LogP contribution in [0.25, 0.3) is 0 Å². The van der Waals surface area contributed by atoms with Gasteiger partial charge in [0, 0.05) is 32.6 Å². The second-order valence-electron chi connectivity index (χ2n) is 8.63. The number of benzene rings is 1. The van der Waals surface area contributed by atoms with Gasteiger partial charge < -0.3 is 14.5 Å². The summed E-state index contributed by atoms with van der Waals surface area (Å²) < 4.78 is 7.48. The second-order valence-corrected chi connectivity index (χ2v) is 9.04. The van der Waals surface area contributed by atoms with Gasteiger partial charge in [-0.25, -0.2) is 0 Å². The van der Waals surface area contributed by atoms with Crippen molar-refractivity contribution in [3.63, 3.8) is 0 Å². The SMILES string of the molecule is Cn1ncc(Cl)c1C(=O)N1CCCC(=O)N2CCCCC2CCc2cccc(c2)OCC1. The van der Waals surface area contributed by atoms with Gasteiger partial charge in [-0.05, 0) is 56.2 Å². The Balaban J connectivity index is 1.54. The van der Waals surface area contributed by atoms with Gasteiger partial charge in [0.2, 0.25) is 5.91 Å². The fraction of sp³-hybridized carbons (Fsp3) is 0.542. The number of ether oxygens (including phenoxy) is 1. The highest BCUT2D eigenvalue weighted by Gasteiger charge is 2.27. The fourth-order valence-electron chi connectivity index (χ4n) is 4.71. The van der Waals surface area contributed by atoms with Gasteiger partial charge in [-0.1, -0.05) is 23.7 Å². The molecule has 32 heavy (non-hydrogen) atoms. The molecule has 0 saturated carbocycles. The highest BCUT2D eigenvalue weighted by atomic mass is 35.5. The predicted molar refractivity (Wildman–Crippen MR) is 123 cm³/mol. The Morgan fingerprint density at radius 3 is 2.81 bits per heavy atom. The van der Waals surface area contributed by atoms with E-state index in [4.69, 9.17) is 16.3 Å². The molecule has 0 aliphatic carbocycles. The summed E-state index contributed by atoms with van der Waals surface area (Å²) in [7, 11) is 1.70. The minimum atomic E-state index is -0.194. The number of piperidine rings is 1. The number of hydrogen-bond acceptors (Lipinski definition) is 4. The van der Waals surface area contributed by atoms with Crippen LogP contribution in [-0.2, 0) is 18.3 Å². The van der Waals surface area contributed by atoms with Crippen molar-refractivity contribution in [2.75, 3.05) is 26.2 Å². The van der Waals surface area contributed by atoms with Crippen LogP contribution in [0.4, 0.5) is 0 Å². The average Bonchev–Trinajstić information content (AvgIpc) is 3.13. The third kappa shape index (κ3) is 5.26. The summed E-state index contributed by atoms with van der Waals surface area (Å²) in [5.41, 5.74) is 1.57. The molecular formula is C24H31ClN4O3. The zero-order valence-electron chi connectivity index (χ0n) is 18.6. The lowest BCUT2D eigenvalue weighted by Gasteiger charge is -2.36. The molecule has 0 spiro atoms. The Morgan fingerprint density at radius 2 is 2.00 bits per heavy atom. The van der Waals surface area contributed by atoms with Crippen LogP contribution >= 0.6 is 11.6 Å². The number of nitrogens with zero attached hydrogens (tertiary/aromatic N) is 4. The molecule has 172 valence electrons. The van der Waals surface area contributed by atoms with Crippen LogP contribution in [0.1, 0.15) is 54.6 Å². The lowest BCUT2D eigenvalue weighted by molar-refractivity contribution is -0.135. The molecular weight excluding hydrogens is 428 g/mol. The van der Waals surface area contributed by atoms with E-state index in [1.807, 2.05) is 12.1 Å². The van der Waals surface area contributed by atoms with E-state index in [0.29, 0.717) is 43.3 Å². The number of rotatable bonds is 1. The summed E-state index contributed by atoms with van der Waals surface area (Å²) in [6, 6.07) is 8.42. The van der Waals surface area contributed by atoms with Crippen molar-refractivity contribution < 1.29 is 14.3 Å². The molecule has 1 aromatic heterocycles. The van der Waals surface area contributed by atoms with Crippen molar-refractivity contribution in [3.05, 3.63) is 46.7 Å². The van der Waals surface area contributed by atoms with Gasteiger partial charge in [0.15, 0.2) is 0 Å². The van der Waals surface area contributed by atoms with Crippen LogP contribution in [0.3, 0.4) is 0 Å². The molecule has 2 bridgehead atoms. The Kier molecular flexibility index (Phi) is 7.35. The number of hydrogen-bond donors (Lipinski definition) is 0. The van der Waals surface area contributed by atoms with Crippen molar-refractivity contribution >= 4 is 23.4 Å². The summed E-state index contributed by atoms with van der Waals surface area (Å²) >= 11 is 6.22. The number of carbonyl (C=O) groups is 2. The standard InChI is InChI=1S/C24H31ClN4O3/c1-27-23(21(25)17-26-27)24(31)28-12-5-9-22(30)29-13-3-2-7-19(29)11-10-18-6-4-8-20(16-18)32-15-14-28/h4,6,8,16-17,19H,2-3,5,7,9-15H2,1H3. The number of halogens is 1. The smallest absolute Gasteiger partial charge is 0.273 e. The maximum absolute atomic E-state index is 13.2. The first-order valence-electron chi connectivity index (χ1n) is 11.5. The first-order valence-corrected chi connectivity index (χ1v) is 11.9. The predicted octanol–water partition coefficient (Wildman–Crippen LogP) is 3.70. The third-order valence-corrected chi connectivity index (χ3v) is 6.72. The molecule has 2 aromatic rings. The van der Waals surface area contributed by atoms with E-state index in [2.05, 4.69) is 22.1 Å². The Morgan fingerprint density at radius 1 is 1.12 bits per heavy atom. The van der Waals surface area contributed by atoms with E-state index in [1.165, 1.54) is 22.9 Å². The number of aromatic nitrogens is 2. The van der Waals surface area contributed by atoms with Gasteiger partial charge in [0.1, 0.15) is 18.1 Å². The van der Waals surface area contributed by atoms with E-state index < -0.39 is 0 Å². The zero-order chi connectivity index (χ0) is 22.5. The summed E-state index contributed by atoms with van der Waals surface area (Å²) in [6.45, 7) is 2.08. The molecule has 3 heterocycles. The Labute approximate surface area is 194 Å². The van der Waals surface area contributed by atoms with Gasteiger partial charge >= 0.3 is 0 Å². The first kappa shape index (κ1) is 22.6. The fourth-order valence-corrected chi connectivity index (χ4v) is 4.95. The molecule has 1 unspecified atom stereocenters. The van der Waals surface area contributed by atoms with E-state index in [9.17, 15) is 9.59 Å². The zero-order valence-corrected chi connectivity index (χ0v) is 19.4. The van der Waals surface area contributed by atoms with E-state index in [-0.39, 0.29) is 17.9 Å². The highest BCUT2D eigenvalue weighted by Crippen LogP contribution is 2.24. The lowest BCUT2D eigenvalue weighted by Crippen LogP contribution is -2.44. The van der Waals surface area contributed by atoms with Gasteiger partial charge in [-0.15, -0.1) is 0 Å². The van der Waals surface area contributed by atoms with Gasteiger partial charge in [0.05, 0.1) is 17.8 Å². The van der Waals surface area contributed by atoms with Crippen LogP contribution in [0.15, 0.2) is 30.5 Å². The second kappa shape index (κ2) is 10.4. The number of carbonyl (C=O) groups excluding carboxylic acids is 2. The van der Waals surface area contributed by atoms with Crippen LogP contribution in [-0.4, -0.2) is 63.7 Å². The molecule has 7 nitrogen and oxygen atoms in total. The lowest BCUT2D eigenvalue weighted by atomic mass is 9.95. The molecule has 2 amide bonds. The molecule has 1 fully saturated rings. The molecule has 0 N–H and O–H groups in total. The monoisotopic (exact) mass is 458 g/mol. The average molecular weight is 459 g/mol. The third-order valence-electron chi connectivity index (χ3n) is 6.44. The summed E-state index contributed by atoms with van der Waals surface area (Å²) in [6.07, 6.45) is 7.72. The molecule has 2 aliphatic heterocycles. The molecule has 1 aromatic carbocycles. The minimum Gasteiger partial charge on any atom is -0.492 e. The van der Waals surface area contributed by atoms with Crippen LogP contribution in [0.5, 0.6) is 5.75 Å². The van der Waals surface area contributed by atoms with Crippen LogP contribution in [0, 0.1) is 0 Å². The van der Waals surface area contributed by atoms with Gasteiger partial charge in [-0.2, -0.15) is 5.10 Å². The van der Waals surface area contributed by atoms with Crippen LogP contribution < -0.4 is 4.74 Å². The highest BCUT2D eigenvalue weighted by molar-refractivity contribution is 6.33. The number of amides is 2. The van der Waals surface area contributed by atoms with Crippen molar-refractivity contribution in [1.29, 1.82) is 0 Å². The maximum atomic E-state index is 13.2. The topological polar surface area (TPSA) is 67.7 Å². The van der Waals surface area contributed by atoms with E-state index in [1.54, 1.807) is 11.9 Å². The maximum Gasteiger partial charge on any atom is 0.273 e. The molecule has 1 atom stereocenters. The van der Waals surface area contributed by atoms with Gasteiger partial charge in [0.25, 0.3) is 5.91 Å². The summed E-state index contributed by atoms with van der Waals surface area (Å²) in [5.74, 6) is 0.806. The van der Waals surface area contributed by atoms with E-state index in [0.717, 1.165) is 38.0 Å². The summed E-state index contributed by atoms with van der Waals surface area (Å²) in [5, 5.41) is 4.42. The molecule has 8 heteroatoms. The van der Waals surface area contributed by atoms with Crippen molar-refractivity contribution in [2.45, 2.75) is 51.0 Å².